The second kappa shape index (κ2) is 2.77. The van der Waals surface area contributed by atoms with Gasteiger partial charge >= 0.3 is 13.4 Å². The number of carbonyl (C=O) groups is 3. The molecule has 0 aromatic carbocycles. The van der Waals surface area contributed by atoms with Gasteiger partial charge in [-0.05, 0) is 0 Å². The molecule has 0 saturated carbocycles. The van der Waals surface area contributed by atoms with Gasteiger partial charge < -0.3 is 9.69 Å². The van der Waals surface area contributed by atoms with Crippen LogP contribution in [0.15, 0.2) is 0 Å². The Labute approximate surface area is 71.4 Å². The predicted molar refractivity (Wildman–Crippen MR) is 47.2 cm³/mol. The van der Waals surface area contributed by atoms with Crippen molar-refractivity contribution in [3.05, 3.63) is 0 Å². The SMILES string of the molecule is CB1C(=O)B(C)C(=O)N(C)C1=O. The standard InChI is InChI=1S/C6H9B2NO3/c1-7-4(10)8(2)6(12)9(3)5(7)11/h1-3H3. The molecule has 0 aliphatic carbocycles. The summed E-state index contributed by atoms with van der Waals surface area (Å²) < 4.78 is 0. The van der Waals surface area contributed by atoms with Gasteiger partial charge in [0.1, 0.15) is 0 Å². The molecule has 1 fully saturated rings. The third-order valence-corrected chi connectivity index (χ3v) is 2.26. The van der Waals surface area contributed by atoms with E-state index in [0.29, 0.717) is 0 Å². The quantitative estimate of drug-likeness (QED) is 0.500. The summed E-state index contributed by atoms with van der Waals surface area (Å²) in [6, 6.07) is 0. The number of nitrogens with zero attached hydrogens (tertiary/aromatic N) is 1. The van der Waals surface area contributed by atoms with Crippen LogP contribution in [0.2, 0.25) is 13.6 Å². The summed E-state index contributed by atoms with van der Waals surface area (Å²) in [5, 5.41) is 0. The Balaban J connectivity index is 2.99. The molecule has 0 aromatic heterocycles. The number of imide groups is 1. The lowest BCUT2D eigenvalue weighted by Crippen LogP contribution is -2.59. The first-order valence-corrected chi connectivity index (χ1v) is 3.82. The minimum atomic E-state index is -0.664. The van der Waals surface area contributed by atoms with E-state index in [9.17, 15) is 14.4 Å². The molecule has 2 amide bonds. The molecular formula is C6H9B2NO3. The predicted octanol–water partition coefficient (Wildman–Crippen LogP) is 0.868. The van der Waals surface area contributed by atoms with E-state index in [-0.39, 0.29) is 5.58 Å². The van der Waals surface area contributed by atoms with Crippen molar-refractivity contribution in [3.63, 3.8) is 0 Å². The molecule has 0 spiro atoms. The van der Waals surface area contributed by atoms with Crippen LogP contribution in [0.3, 0.4) is 0 Å². The number of rotatable bonds is 0. The number of carbonyl (C=O) groups excluding carboxylic acids is 3. The zero-order valence-corrected chi connectivity index (χ0v) is 7.33. The fourth-order valence-corrected chi connectivity index (χ4v) is 1.31. The van der Waals surface area contributed by atoms with Crippen LogP contribution in [0.5, 0.6) is 0 Å². The van der Waals surface area contributed by atoms with Crippen molar-refractivity contribution < 1.29 is 14.4 Å². The summed E-state index contributed by atoms with van der Waals surface area (Å²) in [5.41, 5.74) is -0.275. The molecule has 1 aliphatic rings. The molecule has 12 heavy (non-hydrogen) atoms. The fourth-order valence-electron chi connectivity index (χ4n) is 1.31. The van der Waals surface area contributed by atoms with Gasteiger partial charge in [-0.25, -0.2) is 0 Å². The fraction of sp³-hybridized carbons (Fsp3) is 0.500. The molecule has 1 heterocycles. The molecule has 0 atom stereocenters. The topological polar surface area (TPSA) is 54.5 Å². The Bertz CT molecular complexity index is 205. The largest absolute Gasteiger partial charge is 0.320 e. The molecule has 6 heteroatoms. The molecule has 0 unspecified atom stereocenters. The van der Waals surface area contributed by atoms with Gasteiger partial charge in [-0.1, -0.05) is 13.6 Å². The van der Waals surface area contributed by atoms with E-state index in [2.05, 4.69) is 0 Å². The van der Waals surface area contributed by atoms with Crippen molar-refractivity contribution in [1.29, 1.82) is 0 Å². The van der Waals surface area contributed by atoms with Crippen LogP contribution in [0, 0.1) is 0 Å². The number of hydrogen-bond donors (Lipinski definition) is 0. The average molecular weight is 165 g/mol. The van der Waals surface area contributed by atoms with Crippen molar-refractivity contribution >= 4 is 30.6 Å². The highest BCUT2D eigenvalue weighted by Gasteiger charge is 2.45. The number of hydrogen-bond acceptors (Lipinski definition) is 3. The maximum absolute atomic E-state index is 11.2. The van der Waals surface area contributed by atoms with E-state index in [1.54, 1.807) is 0 Å². The minimum Gasteiger partial charge on any atom is -0.320 e. The Morgan fingerprint density at radius 3 is 1.67 bits per heavy atom. The highest BCUT2D eigenvalue weighted by molar-refractivity contribution is 7.37. The van der Waals surface area contributed by atoms with E-state index in [1.165, 1.54) is 20.7 Å². The second-order valence-corrected chi connectivity index (χ2v) is 3.08. The summed E-state index contributed by atoms with van der Waals surface area (Å²) in [5.74, 6) is -0.800. The van der Waals surface area contributed by atoms with Crippen LogP contribution < -0.4 is 0 Å². The van der Waals surface area contributed by atoms with Crippen LogP contribution in [-0.4, -0.2) is 42.6 Å². The summed E-state index contributed by atoms with van der Waals surface area (Å²) in [7, 11) is 1.41. The van der Waals surface area contributed by atoms with Crippen LogP contribution in [0.25, 0.3) is 0 Å². The van der Waals surface area contributed by atoms with Gasteiger partial charge in [0.2, 0.25) is 0 Å². The first-order valence-electron chi connectivity index (χ1n) is 3.82. The lowest BCUT2D eigenvalue weighted by Gasteiger charge is -2.25. The highest BCUT2D eigenvalue weighted by Crippen LogP contribution is 2.10. The smallest absolute Gasteiger partial charge is 0.315 e. The molecular weight excluding hydrogens is 156 g/mol. The molecule has 0 aromatic rings. The molecule has 62 valence electrons. The Morgan fingerprint density at radius 1 is 1.00 bits per heavy atom. The van der Waals surface area contributed by atoms with Gasteiger partial charge in [-0.3, -0.25) is 9.59 Å². The van der Waals surface area contributed by atoms with Crippen LogP contribution >= 0.6 is 0 Å². The lowest BCUT2D eigenvalue weighted by molar-refractivity contribution is 0.219. The van der Waals surface area contributed by atoms with Crippen molar-refractivity contribution in [1.82, 2.24) is 4.90 Å². The molecule has 4 nitrogen and oxygen atoms in total. The summed E-state index contributed by atoms with van der Waals surface area (Å²) in [6.07, 6.45) is 0. The van der Waals surface area contributed by atoms with Crippen LogP contribution in [-0.2, 0) is 0 Å². The first kappa shape index (κ1) is 9.03. The molecule has 1 aliphatic heterocycles. The zero-order chi connectivity index (χ0) is 9.46. The summed E-state index contributed by atoms with van der Waals surface area (Å²) >= 11 is 0. The molecule has 0 N–H and O–H groups in total. The van der Waals surface area contributed by atoms with Gasteiger partial charge in [0, 0.05) is 7.05 Å². The zero-order valence-electron chi connectivity index (χ0n) is 7.33. The average Bonchev–Trinajstić information content (AvgIpc) is 2.08. The van der Waals surface area contributed by atoms with Crippen molar-refractivity contribution in [2.45, 2.75) is 13.6 Å². The van der Waals surface area contributed by atoms with Crippen LogP contribution in [0.1, 0.15) is 0 Å². The normalized spacial score (nSPS) is 19.2. The van der Waals surface area contributed by atoms with E-state index < -0.39 is 25.0 Å². The number of amides is 2. The first-order chi connectivity index (χ1) is 5.46. The molecule has 1 rings (SSSR count). The third-order valence-electron chi connectivity index (χ3n) is 2.26. The molecule has 1 saturated heterocycles. The summed E-state index contributed by atoms with van der Waals surface area (Å²) in [6.45, 7) is 1.74. The van der Waals surface area contributed by atoms with Crippen molar-refractivity contribution in [2.75, 3.05) is 7.05 Å². The maximum atomic E-state index is 11.2. The monoisotopic (exact) mass is 165 g/mol. The Morgan fingerprint density at radius 2 is 1.33 bits per heavy atom. The maximum Gasteiger partial charge on any atom is 0.315 e. The Kier molecular flexibility index (Phi) is 2.08. The van der Waals surface area contributed by atoms with E-state index in [4.69, 9.17) is 0 Å². The van der Waals surface area contributed by atoms with Gasteiger partial charge in [-0.15, -0.1) is 0 Å². The van der Waals surface area contributed by atoms with Crippen molar-refractivity contribution in [3.8, 4) is 0 Å². The van der Waals surface area contributed by atoms with Gasteiger partial charge in [0.05, 0.1) is 5.58 Å². The van der Waals surface area contributed by atoms with E-state index in [1.807, 2.05) is 0 Å². The third kappa shape index (κ3) is 1.07. The van der Waals surface area contributed by atoms with Crippen LogP contribution in [0.4, 0.5) is 14.4 Å². The Hall–Kier alpha value is -1.06. The second-order valence-electron chi connectivity index (χ2n) is 3.08. The van der Waals surface area contributed by atoms with E-state index in [0.717, 1.165) is 4.90 Å². The van der Waals surface area contributed by atoms with Gasteiger partial charge in [-0.2, -0.15) is 0 Å². The van der Waals surface area contributed by atoms with Gasteiger partial charge in [0.15, 0.2) is 11.6 Å². The highest BCUT2D eigenvalue weighted by atomic mass is 16.2. The van der Waals surface area contributed by atoms with Crippen molar-refractivity contribution in [2.24, 2.45) is 0 Å². The molecule has 0 bridgehead atoms. The summed E-state index contributed by atoms with van der Waals surface area (Å²) in [4.78, 5) is 34.6. The molecule has 0 radical (unpaired) electrons. The minimum absolute atomic E-state index is 0.275. The van der Waals surface area contributed by atoms with Gasteiger partial charge in [0.25, 0.3) is 0 Å². The lowest BCUT2D eigenvalue weighted by atomic mass is 9.26. The van der Waals surface area contributed by atoms with E-state index >= 15 is 0 Å².